The van der Waals surface area contributed by atoms with E-state index in [2.05, 4.69) is 27.6 Å². The first-order valence-corrected chi connectivity index (χ1v) is 5.69. The number of rotatable bonds is 3. The summed E-state index contributed by atoms with van der Waals surface area (Å²) in [4.78, 5) is 8.68. The highest BCUT2D eigenvalue weighted by Crippen LogP contribution is 2.25. The molecule has 4 heteroatoms. The number of nitrogens with zero attached hydrogens (tertiary/aromatic N) is 2. The largest absolute Gasteiger partial charge is 0.314 e. The van der Waals surface area contributed by atoms with Crippen molar-refractivity contribution in [2.45, 2.75) is 13.5 Å². The van der Waals surface area contributed by atoms with Crippen molar-refractivity contribution < 1.29 is 0 Å². The van der Waals surface area contributed by atoms with E-state index in [4.69, 9.17) is 0 Å². The molecule has 0 saturated heterocycles. The Labute approximate surface area is 93.2 Å². The van der Waals surface area contributed by atoms with Crippen molar-refractivity contribution in [2.24, 2.45) is 0 Å². The van der Waals surface area contributed by atoms with E-state index in [0.29, 0.717) is 0 Å². The first-order chi connectivity index (χ1) is 7.31. The van der Waals surface area contributed by atoms with E-state index in [0.717, 1.165) is 22.8 Å². The molecule has 0 aliphatic carbocycles. The van der Waals surface area contributed by atoms with Crippen LogP contribution in [0.5, 0.6) is 0 Å². The van der Waals surface area contributed by atoms with Crippen molar-refractivity contribution in [3.63, 3.8) is 0 Å². The molecule has 0 amide bonds. The minimum absolute atomic E-state index is 0.815. The van der Waals surface area contributed by atoms with Crippen LogP contribution < -0.4 is 5.32 Å². The highest BCUT2D eigenvalue weighted by molar-refractivity contribution is 7.13. The Bertz CT molecular complexity index is 451. The van der Waals surface area contributed by atoms with Gasteiger partial charge in [-0.15, -0.1) is 11.3 Å². The van der Waals surface area contributed by atoms with Gasteiger partial charge in [0.25, 0.3) is 0 Å². The Balaban J connectivity index is 2.33. The Kier molecular flexibility index (Phi) is 3.08. The molecule has 0 aromatic carbocycles. The minimum atomic E-state index is 0.815. The lowest BCUT2D eigenvalue weighted by atomic mass is 10.2. The molecule has 0 atom stereocenters. The number of nitrogens with one attached hydrogen (secondary N) is 1. The Morgan fingerprint density at radius 3 is 3.07 bits per heavy atom. The maximum absolute atomic E-state index is 4.55. The molecule has 2 aromatic rings. The maximum Gasteiger partial charge on any atom is 0.125 e. The van der Waals surface area contributed by atoms with E-state index in [9.17, 15) is 0 Å². The van der Waals surface area contributed by atoms with Crippen molar-refractivity contribution >= 4 is 11.3 Å². The third kappa shape index (κ3) is 2.22. The van der Waals surface area contributed by atoms with Gasteiger partial charge in [0.05, 0.1) is 5.69 Å². The predicted molar refractivity (Wildman–Crippen MR) is 62.8 cm³/mol. The van der Waals surface area contributed by atoms with Crippen molar-refractivity contribution in [3.8, 4) is 10.6 Å². The van der Waals surface area contributed by atoms with E-state index in [-0.39, 0.29) is 0 Å². The van der Waals surface area contributed by atoms with Crippen molar-refractivity contribution in [1.29, 1.82) is 0 Å². The second kappa shape index (κ2) is 4.51. The first-order valence-electron chi connectivity index (χ1n) is 4.81. The van der Waals surface area contributed by atoms with Gasteiger partial charge in [0.2, 0.25) is 0 Å². The summed E-state index contributed by atoms with van der Waals surface area (Å²) in [5.41, 5.74) is 3.43. The Morgan fingerprint density at radius 2 is 2.33 bits per heavy atom. The minimum Gasteiger partial charge on any atom is -0.314 e. The van der Waals surface area contributed by atoms with Gasteiger partial charge >= 0.3 is 0 Å². The lowest BCUT2D eigenvalue weighted by molar-refractivity contribution is 0.798. The van der Waals surface area contributed by atoms with Crippen LogP contribution in [0.4, 0.5) is 0 Å². The van der Waals surface area contributed by atoms with Gasteiger partial charge in [0.1, 0.15) is 5.01 Å². The summed E-state index contributed by atoms with van der Waals surface area (Å²) in [5, 5.41) is 6.22. The molecule has 2 heterocycles. The molecule has 0 bridgehead atoms. The van der Waals surface area contributed by atoms with Gasteiger partial charge in [0, 0.05) is 29.9 Å². The molecule has 0 saturated carbocycles. The average Bonchev–Trinajstić information content (AvgIpc) is 2.68. The third-order valence-corrected chi connectivity index (χ3v) is 3.10. The number of hydrogen-bond donors (Lipinski definition) is 1. The van der Waals surface area contributed by atoms with Gasteiger partial charge in [0.15, 0.2) is 0 Å². The summed E-state index contributed by atoms with van der Waals surface area (Å²) in [6, 6.07) is 2.01. The molecule has 0 aliphatic heterocycles. The third-order valence-electron chi connectivity index (χ3n) is 2.18. The Morgan fingerprint density at radius 1 is 1.47 bits per heavy atom. The predicted octanol–water partition coefficient (Wildman–Crippen LogP) is 2.23. The SMILES string of the molecule is CNCc1csc(-c2cnccc2C)n1. The molecule has 0 unspecified atom stereocenters. The van der Waals surface area contributed by atoms with E-state index in [1.54, 1.807) is 17.5 Å². The fourth-order valence-electron chi connectivity index (χ4n) is 1.38. The molecule has 2 aromatic heterocycles. The van der Waals surface area contributed by atoms with Crippen LogP contribution in [0.2, 0.25) is 0 Å². The number of pyridine rings is 1. The lowest BCUT2D eigenvalue weighted by Crippen LogP contribution is -2.04. The van der Waals surface area contributed by atoms with Crippen LogP contribution >= 0.6 is 11.3 Å². The normalized spacial score (nSPS) is 10.5. The smallest absolute Gasteiger partial charge is 0.125 e. The molecule has 2 rings (SSSR count). The molecule has 78 valence electrons. The standard InChI is InChI=1S/C11H13N3S/c1-8-3-4-13-6-10(8)11-14-9(5-12-2)7-15-11/h3-4,6-7,12H,5H2,1-2H3. The summed E-state index contributed by atoms with van der Waals surface area (Å²) < 4.78 is 0. The van der Waals surface area contributed by atoms with Crippen LogP contribution in [0.25, 0.3) is 10.6 Å². The van der Waals surface area contributed by atoms with Gasteiger partial charge in [-0.3, -0.25) is 4.98 Å². The number of hydrogen-bond acceptors (Lipinski definition) is 4. The second-order valence-corrected chi connectivity index (χ2v) is 4.22. The van der Waals surface area contributed by atoms with Crippen LogP contribution in [0.3, 0.4) is 0 Å². The van der Waals surface area contributed by atoms with Crippen molar-refractivity contribution in [2.75, 3.05) is 7.05 Å². The highest BCUT2D eigenvalue weighted by Gasteiger charge is 2.06. The van der Waals surface area contributed by atoms with Gasteiger partial charge in [-0.1, -0.05) is 0 Å². The molecule has 1 N–H and O–H groups in total. The number of thiazole rings is 1. The van der Waals surface area contributed by atoms with E-state index >= 15 is 0 Å². The van der Waals surface area contributed by atoms with Gasteiger partial charge in [-0.25, -0.2) is 4.98 Å². The average molecular weight is 219 g/mol. The topological polar surface area (TPSA) is 37.8 Å². The van der Waals surface area contributed by atoms with Gasteiger partial charge in [-0.2, -0.15) is 0 Å². The zero-order valence-electron chi connectivity index (χ0n) is 8.82. The zero-order chi connectivity index (χ0) is 10.7. The summed E-state index contributed by atoms with van der Waals surface area (Å²) in [7, 11) is 1.92. The number of aromatic nitrogens is 2. The number of aryl methyl sites for hydroxylation is 1. The Hall–Kier alpha value is -1.26. The van der Waals surface area contributed by atoms with Gasteiger partial charge in [-0.05, 0) is 25.6 Å². The van der Waals surface area contributed by atoms with Gasteiger partial charge < -0.3 is 5.32 Å². The van der Waals surface area contributed by atoms with E-state index in [1.807, 2.05) is 19.3 Å². The fraction of sp³-hybridized carbons (Fsp3) is 0.273. The van der Waals surface area contributed by atoms with Crippen LogP contribution in [-0.2, 0) is 6.54 Å². The molecule has 0 aliphatic rings. The summed E-state index contributed by atoms with van der Waals surface area (Å²) in [5.74, 6) is 0. The molecule has 3 nitrogen and oxygen atoms in total. The van der Waals surface area contributed by atoms with Crippen LogP contribution in [0, 0.1) is 6.92 Å². The molecule has 15 heavy (non-hydrogen) atoms. The second-order valence-electron chi connectivity index (χ2n) is 3.36. The first kappa shape index (κ1) is 10.3. The van der Waals surface area contributed by atoms with Crippen LogP contribution in [-0.4, -0.2) is 17.0 Å². The maximum atomic E-state index is 4.55. The van der Waals surface area contributed by atoms with E-state index < -0.39 is 0 Å². The molecular formula is C11H13N3S. The quantitative estimate of drug-likeness (QED) is 0.860. The van der Waals surface area contributed by atoms with E-state index in [1.165, 1.54) is 5.56 Å². The van der Waals surface area contributed by atoms with Crippen LogP contribution in [0.1, 0.15) is 11.3 Å². The molecule has 0 spiro atoms. The monoisotopic (exact) mass is 219 g/mol. The van der Waals surface area contributed by atoms with Crippen LogP contribution in [0.15, 0.2) is 23.8 Å². The van der Waals surface area contributed by atoms with Crippen molar-refractivity contribution in [1.82, 2.24) is 15.3 Å². The summed E-state index contributed by atoms with van der Waals surface area (Å²) >= 11 is 1.67. The highest BCUT2D eigenvalue weighted by atomic mass is 32.1. The summed E-state index contributed by atoms with van der Waals surface area (Å²) in [6.45, 7) is 2.89. The zero-order valence-corrected chi connectivity index (χ0v) is 9.64. The summed E-state index contributed by atoms with van der Waals surface area (Å²) in [6.07, 6.45) is 3.68. The molecule has 0 fully saturated rings. The molecule has 0 radical (unpaired) electrons. The fourth-order valence-corrected chi connectivity index (χ4v) is 2.28. The lowest BCUT2D eigenvalue weighted by Gasteiger charge is -1.99. The molecular weight excluding hydrogens is 206 g/mol. The van der Waals surface area contributed by atoms with Crippen molar-refractivity contribution in [3.05, 3.63) is 35.1 Å².